The van der Waals surface area contributed by atoms with E-state index in [9.17, 15) is 18.4 Å². The molecule has 0 unspecified atom stereocenters. The van der Waals surface area contributed by atoms with E-state index in [1.54, 1.807) is 24.3 Å². The molecule has 0 radical (unpaired) electrons. The maximum absolute atomic E-state index is 13.6. The molecule has 0 aliphatic heterocycles. The predicted octanol–water partition coefficient (Wildman–Crippen LogP) is 1.66. The minimum Gasteiger partial charge on any atom is -0.368 e. The molecule has 0 aromatic heterocycles. The molecule has 2 amide bonds. The molecule has 24 heavy (non-hydrogen) atoms. The summed E-state index contributed by atoms with van der Waals surface area (Å²) in [6.07, 6.45) is 0.0411. The van der Waals surface area contributed by atoms with E-state index < -0.39 is 35.1 Å². The number of nitrogens with two attached hydrogens (primary N) is 1. The van der Waals surface area contributed by atoms with Crippen molar-refractivity contribution in [3.8, 4) is 6.07 Å². The number of nitriles is 1. The number of nitrogens with zero attached hydrogens (tertiary/aromatic N) is 1. The molecule has 0 fully saturated rings. The van der Waals surface area contributed by atoms with Crippen molar-refractivity contribution >= 4 is 11.8 Å². The van der Waals surface area contributed by atoms with Crippen LogP contribution in [0.4, 0.5) is 8.78 Å². The Labute approximate surface area is 136 Å². The molecule has 0 bridgehead atoms. The molecule has 7 heteroatoms. The van der Waals surface area contributed by atoms with Gasteiger partial charge in [-0.15, -0.1) is 0 Å². The van der Waals surface area contributed by atoms with Gasteiger partial charge < -0.3 is 11.1 Å². The topological polar surface area (TPSA) is 96.0 Å². The van der Waals surface area contributed by atoms with Gasteiger partial charge in [0.25, 0.3) is 5.91 Å². The van der Waals surface area contributed by atoms with Crippen molar-refractivity contribution in [2.45, 2.75) is 12.5 Å². The lowest BCUT2D eigenvalue weighted by Gasteiger charge is -2.16. The number of benzene rings is 2. The predicted molar refractivity (Wildman–Crippen MR) is 81.7 cm³/mol. The minimum absolute atomic E-state index is 0.0411. The Morgan fingerprint density at radius 3 is 2.58 bits per heavy atom. The van der Waals surface area contributed by atoms with Gasteiger partial charge >= 0.3 is 0 Å². The van der Waals surface area contributed by atoms with Crippen LogP contribution in [0.5, 0.6) is 0 Å². The number of hydrogen-bond donors (Lipinski definition) is 2. The number of carbonyl (C=O) groups excluding carboxylic acids is 2. The Hall–Kier alpha value is -3.27. The average molecular weight is 329 g/mol. The number of carbonyl (C=O) groups is 2. The van der Waals surface area contributed by atoms with Crippen molar-refractivity contribution in [1.82, 2.24) is 5.32 Å². The van der Waals surface area contributed by atoms with E-state index in [0.717, 1.165) is 12.1 Å². The molecule has 0 spiro atoms. The quantitative estimate of drug-likeness (QED) is 0.873. The lowest BCUT2D eigenvalue weighted by atomic mass is 10.0. The standard InChI is InChI=1S/C17H13F2N3O2/c18-12-4-5-13(14(19)8-12)17(24)22-15(16(21)23)7-10-2-1-3-11(6-10)9-20/h1-6,8,15H,7H2,(H2,21,23)(H,22,24)/t15-/m0/s1. The third-order valence-corrected chi connectivity index (χ3v) is 3.32. The normalized spacial score (nSPS) is 11.4. The fourth-order valence-electron chi connectivity index (χ4n) is 2.14. The second kappa shape index (κ2) is 7.33. The highest BCUT2D eigenvalue weighted by Crippen LogP contribution is 2.11. The number of halogens is 2. The smallest absolute Gasteiger partial charge is 0.254 e. The van der Waals surface area contributed by atoms with Gasteiger partial charge in [0.2, 0.25) is 5.91 Å². The summed E-state index contributed by atoms with van der Waals surface area (Å²) in [7, 11) is 0. The summed E-state index contributed by atoms with van der Waals surface area (Å²) in [6.45, 7) is 0. The zero-order valence-electron chi connectivity index (χ0n) is 12.4. The Morgan fingerprint density at radius 2 is 1.96 bits per heavy atom. The fraction of sp³-hybridized carbons (Fsp3) is 0.118. The molecular formula is C17H13F2N3O2. The summed E-state index contributed by atoms with van der Waals surface area (Å²) >= 11 is 0. The van der Waals surface area contributed by atoms with Crippen molar-refractivity contribution in [2.75, 3.05) is 0 Å². The van der Waals surface area contributed by atoms with Gasteiger partial charge in [-0.25, -0.2) is 8.78 Å². The van der Waals surface area contributed by atoms with Crippen molar-refractivity contribution in [1.29, 1.82) is 5.26 Å². The van der Waals surface area contributed by atoms with Crippen molar-refractivity contribution in [2.24, 2.45) is 5.73 Å². The Bertz CT molecular complexity index is 831. The van der Waals surface area contributed by atoms with Crippen molar-refractivity contribution in [3.63, 3.8) is 0 Å². The van der Waals surface area contributed by atoms with Crippen LogP contribution in [0.2, 0.25) is 0 Å². The van der Waals surface area contributed by atoms with Gasteiger partial charge in [-0.1, -0.05) is 12.1 Å². The van der Waals surface area contributed by atoms with Gasteiger partial charge in [0.1, 0.15) is 17.7 Å². The minimum atomic E-state index is -1.10. The molecule has 3 N–H and O–H groups in total. The molecule has 0 aliphatic rings. The third-order valence-electron chi connectivity index (χ3n) is 3.32. The van der Waals surface area contributed by atoms with Crippen LogP contribution >= 0.6 is 0 Å². The number of amides is 2. The van der Waals surface area contributed by atoms with Crippen LogP contribution < -0.4 is 11.1 Å². The lowest BCUT2D eigenvalue weighted by molar-refractivity contribution is -0.119. The van der Waals surface area contributed by atoms with E-state index in [4.69, 9.17) is 11.0 Å². The molecule has 0 aliphatic carbocycles. The van der Waals surface area contributed by atoms with Gasteiger partial charge in [0.05, 0.1) is 17.2 Å². The van der Waals surface area contributed by atoms with Crippen LogP contribution in [0.1, 0.15) is 21.5 Å². The molecule has 0 heterocycles. The SMILES string of the molecule is N#Cc1cccc(C[C@H](NC(=O)c2ccc(F)cc2F)C(N)=O)c1. The van der Waals surface area contributed by atoms with E-state index in [1.165, 1.54) is 0 Å². The number of rotatable bonds is 5. The van der Waals surface area contributed by atoms with Crippen molar-refractivity contribution in [3.05, 3.63) is 70.8 Å². The maximum atomic E-state index is 13.6. The van der Waals surface area contributed by atoms with Crippen molar-refractivity contribution < 1.29 is 18.4 Å². The number of nitrogens with one attached hydrogen (secondary N) is 1. The first-order valence-corrected chi connectivity index (χ1v) is 6.95. The summed E-state index contributed by atoms with van der Waals surface area (Å²) in [6, 6.07) is 9.80. The summed E-state index contributed by atoms with van der Waals surface area (Å²) in [5.74, 6) is -3.55. The molecule has 1 atom stereocenters. The van der Waals surface area contributed by atoms with Gasteiger partial charge in [0, 0.05) is 12.5 Å². The summed E-state index contributed by atoms with van der Waals surface area (Å²) < 4.78 is 26.5. The molecule has 122 valence electrons. The Morgan fingerprint density at radius 1 is 1.21 bits per heavy atom. The van der Waals surface area contributed by atoms with Crippen LogP contribution in [-0.4, -0.2) is 17.9 Å². The molecule has 0 saturated carbocycles. The molecular weight excluding hydrogens is 316 g/mol. The first-order valence-electron chi connectivity index (χ1n) is 6.95. The van der Waals surface area contributed by atoms with E-state index in [0.29, 0.717) is 17.2 Å². The Kier molecular flexibility index (Phi) is 5.22. The highest BCUT2D eigenvalue weighted by Gasteiger charge is 2.21. The molecule has 2 aromatic carbocycles. The molecule has 2 aromatic rings. The highest BCUT2D eigenvalue weighted by molar-refractivity contribution is 5.97. The first-order chi connectivity index (χ1) is 11.4. The molecule has 5 nitrogen and oxygen atoms in total. The second-order valence-corrected chi connectivity index (χ2v) is 5.07. The van der Waals surface area contributed by atoms with Crippen LogP contribution in [0, 0.1) is 23.0 Å². The second-order valence-electron chi connectivity index (χ2n) is 5.07. The largest absolute Gasteiger partial charge is 0.368 e. The zero-order chi connectivity index (χ0) is 17.7. The lowest BCUT2D eigenvalue weighted by Crippen LogP contribution is -2.46. The van der Waals surface area contributed by atoms with Crippen LogP contribution in [0.3, 0.4) is 0 Å². The van der Waals surface area contributed by atoms with Gasteiger partial charge in [0.15, 0.2) is 0 Å². The molecule has 2 rings (SSSR count). The first kappa shape index (κ1) is 17.1. The highest BCUT2D eigenvalue weighted by atomic mass is 19.1. The van der Waals surface area contributed by atoms with Gasteiger partial charge in [-0.2, -0.15) is 5.26 Å². The maximum Gasteiger partial charge on any atom is 0.254 e. The fourth-order valence-corrected chi connectivity index (χ4v) is 2.14. The zero-order valence-corrected chi connectivity index (χ0v) is 12.4. The number of primary amides is 1. The van der Waals surface area contributed by atoms with Crippen LogP contribution in [0.25, 0.3) is 0 Å². The summed E-state index contributed by atoms with van der Waals surface area (Å²) in [4.78, 5) is 23.6. The van der Waals surface area contributed by atoms with E-state index in [1.807, 2.05) is 6.07 Å². The van der Waals surface area contributed by atoms with Crippen LogP contribution in [-0.2, 0) is 11.2 Å². The van der Waals surface area contributed by atoms with E-state index in [2.05, 4.69) is 5.32 Å². The van der Waals surface area contributed by atoms with Crippen LogP contribution in [0.15, 0.2) is 42.5 Å². The summed E-state index contributed by atoms with van der Waals surface area (Å²) in [5.41, 5.74) is 5.88. The summed E-state index contributed by atoms with van der Waals surface area (Å²) in [5, 5.41) is 11.2. The Balaban J connectivity index is 2.17. The number of hydrogen-bond acceptors (Lipinski definition) is 3. The monoisotopic (exact) mass is 329 g/mol. The average Bonchev–Trinajstić information content (AvgIpc) is 2.54. The third kappa shape index (κ3) is 4.14. The molecule has 0 saturated heterocycles. The van der Waals surface area contributed by atoms with Gasteiger partial charge in [-0.05, 0) is 29.8 Å². The van der Waals surface area contributed by atoms with E-state index in [-0.39, 0.29) is 6.42 Å². The van der Waals surface area contributed by atoms with E-state index >= 15 is 0 Å². The van der Waals surface area contributed by atoms with Gasteiger partial charge in [-0.3, -0.25) is 9.59 Å².